The van der Waals surface area contributed by atoms with Gasteiger partial charge in [-0.2, -0.15) is 0 Å². The summed E-state index contributed by atoms with van der Waals surface area (Å²) in [4.78, 5) is 0. The van der Waals surface area contributed by atoms with E-state index in [1.54, 1.807) is 22.3 Å². The number of benzene rings is 4. The molecule has 0 spiro atoms. The second-order valence-electron chi connectivity index (χ2n) is 20.5. The summed E-state index contributed by atoms with van der Waals surface area (Å²) in [7, 11) is 0. The average Bonchev–Trinajstić information content (AvgIpc) is 3.58. The van der Waals surface area contributed by atoms with Crippen LogP contribution in [0.5, 0.6) is 0 Å². The topological polar surface area (TPSA) is 0 Å². The fraction of sp³-hybridized carbons (Fsp3) is 0.440. The smallest absolute Gasteiger partial charge is 0.147 e. The van der Waals surface area contributed by atoms with Gasteiger partial charge in [-0.3, -0.25) is 0 Å². The molecule has 0 aliphatic heterocycles. The van der Waals surface area contributed by atoms with Crippen LogP contribution in [0.1, 0.15) is 134 Å². The van der Waals surface area contributed by atoms with Crippen molar-refractivity contribution in [3.63, 3.8) is 0 Å². The molecule has 290 valence electrons. The molecule has 6 rings (SSSR count). The van der Waals surface area contributed by atoms with Crippen molar-refractivity contribution >= 4 is 43.8 Å². The number of hydrogen-bond donors (Lipinski definition) is 0. The summed E-state index contributed by atoms with van der Waals surface area (Å²) in [6.45, 7) is 31.2. The van der Waals surface area contributed by atoms with Crippen molar-refractivity contribution in [1.82, 2.24) is 0 Å². The van der Waals surface area contributed by atoms with Gasteiger partial charge in [0.2, 0.25) is 0 Å². The second kappa shape index (κ2) is 15.8. The first-order valence-corrected chi connectivity index (χ1v) is 33.7. The summed E-state index contributed by atoms with van der Waals surface area (Å²) < 4.78 is 6.67. The van der Waals surface area contributed by atoms with Crippen LogP contribution in [0.2, 0.25) is 9.26 Å². The van der Waals surface area contributed by atoms with Gasteiger partial charge < -0.3 is 0 Å². The van der Waals surface area contributed by atoms with Gasteiger partial charge in [-0.1, -0.05) is 0 Å². The molecule has 2 unspecified atom stereocenters. The Balaban J connectivity index is 0.00000325. The second-order valence-corrected chi connectivity index (χ2v) is 51.0. The first kappa shape index (κ1) is 44.8. The number of rotatable bonds is 8. The van der Waals surface area contributed by atoms with Crippen molar-refractivity contribution in [2.45, 2.75) is 123 Å². The van der Waals surface area contributed by atoms with Crippen LogP contribution in [0, 0.1) is 25.7 Å². The molecule has 0 saturated carbocycles. The van der Waals surface area contributed by atoms with E-state index in [2.05, 4.69) is 184 Å². The molecule has 0 amide bonds. The van der Waals surface area contributed by atoms with Gasteiger partial charge in [-0.15, -0.1) is 24.8 Å². The average molecular weight is 859 g/mol. The maximum absolute atomic E-state index is 3.90. The Labute approximate surface area is 344 Å². The van der Waals surface area contributed by atoms with E-state index in [4.69, 9.17) is 0 Å². The van der Waals surface area contributed by atoms with E-state index in [1.165, 1.54) is 55.6 Å². The van der Waals surface area contributed by atoms with Crippen molar-refractivity contribution in [2.75, 3.05) is 0 Å². The van der Waals surface area contributed by atoms with Crippen LogP contribution >= 0.6 is 24.8 Å². The van der Waals surface area contributed by atoms with Gasteiger partial charge in [0.15, 0.2) is 0 Å². The number of fused-ring (bicyclic) bond motifs is 2. The molecular formula is C50H68Cl2SiZr. The Morgan fingerprint density at radius 2 is 0.889 bits per heavy atom. The summed E-state index contributed by atoms with van der Waals surface area (Å²) >= 11 is -3.90. The monoisotopic (exact) mass is 856 g/mol. The molecule has 0 saturated heterocycles. The predicted molar refractivity (Wildman–Crippen MR) is 246 cm³/mol. The van der Waals surface area contributed by atoms with E-state index in [9.17, 15) is 0 Å². The van der Waals surface area contributed by atoms with Gasteiger partial charge in [0, 0.05) is 0 Å². The van der Waals surface area contributed by atoms with Crippen molar-refractivity contribution in [2.24, 2.45) is 11.8 Å². The molecule has 2 aliphatic rings. The standard InChI is InChI=1S/2C24H29.2CH3.2ClH.H2Si.Zr/c2*1-16(2)13-18-14-19-11-12-22(24(4,5)6)23(21(19)15-18)20-10-8-7-9-17(20)3;;;;;;/h2*7-12,14-16H,13H2,1-6H3;2*1H3;2*1H;1H2;. The molecule has 2 aliphatic carbocycles. The summed E-state index contributed by atoms with van der Waals surface area (Å²) in [6, 6.07) is 28.4. The predicted octanol–water partition coefficient (Wildman–Crippen LogP) is 15.1. The molecule has 0 fully saturated rings. The molecule has 0 heterocycles. The molecule has 0 nitrogen and oxygen atoms in total. The van der Waals surface area contributed by atoms with Gasteiger partial charge in [0.25, 0.3) is 0 Å². The van der Waals surface area contributed by atoms with Gasteiger partial charge >= 0.3 is 322 Å². The van der Waals surface area contributed by atoms with E-state index < -0.39 is 17.4 Å². The van der Waals surface area contributed by atoms with Crippen LogP contribution < -0.4 is 0 Å². The van der Waals surface area contributed by atoms with E-state index in [0.29, 0.717) is 19.1 Å². The summed E-state index contributed by atoms with van der Waals surface area (Å²) in [5.74, 6) is 1.20. The molecule has 54 heavy (non-hydrogen) atoms. The van der Waals surface area contributed by atoms with Gasteiger partial charge in [-0.25, -0.2) is 0 Å². The molecule has 4 aromatic rings. The minimum Gasteiger partial charge on any atom is -0.147 e. The van der Waals surface area contributed by atoms with Crippen LogP contribution in [0.15, 0.2) is 83.9 Å². The minimum atomic E-state index is -3.90. The maximum Gasteiger partial charge on any atom is -0.147 e. The van der Waals surface area contributed by atoms with Crippen LogP contribution in [0.4, 0.5) is 0 Å². The number of hydrogen-bond acceptors (Lipinski definition) is 0. The Kier molecular flexibility index (Phi) is 13.1. The van der Waals surface area contributed by atoms with E-state index in [-0.39, 0.29) is 35.6 Å². The van der Waals surface area contributed by atoms with Gasteiger partial charge in [0.05, 0.1) is 0 Å². The van der Waals surface area contributed by atoms with Crippen molar-refractivity contribution in [1.29, 1.82) is 0 Å². The Morgan fingerprint density at radius 1 is 0.556 bits per heavy atom. The van der Waals surface area contributed by atoms with Crippen LogP contribution in [-0.2, 0) is 28.2 Å². The van der Waals surface area contributed by atoms with E-state index >= 15 is 0 Å². The molecule has 4 aromatic carbocycles. The fourth-order valence-electron chi connectivity index (χ4n) is 10.3. The summed E-state index contributed by atoms with van der Waals surface area (Å²) in [5.41, 5.74) is 21.1. The van der Waals surface area contributed by atoms with Crippen molar-refractivity contribution in [3.8, 4) is 22.3 Å². The van der Waals surface area contributed by atoms with Crippen LogP contribution in [0.25, 0.3) is 34.4 Å². The third kappa shape index (κ3) is 8.08. The molecule has 0 radical (unpaired) electrons. The van der Waals surface area contributed by atoms with E-state index in [0.717, 1.165) is 12.8 Å². The number of allylic oxidation sites excluding steroid dienone is 2. The Bertz CT molecular complexity index is 2030. The first-order valence-electron chi connectivity index (χ1n) is 20.0. The zero-order valence-corrected chi connectivity index (χ0v) is 41.3. The molecule has 4 heteroatoms. The maximum atomic E-state index is 2.85. The van der Waals surface area contributed by atoms with E-state index in [1.807, 2.05) is 0 Å². The number of halogens is 2. The van der Waals surface area contributed by atoms with Crippen molar-refractivity contribution < 1.29 is 17.4 Å². The minimum absolute atomic E-state index is 0. The summed E-state index contributed by atoms with van der Waals surface area (Å²) in [6.07, 6.45) is 7.71. The quantitative estimate of drug-likeness (QED) is 0.155. The Morgan fingerprint density at radius 3 is 1.19 bits per heavy atom. The van der Waals surface area contributed by atoms with Crippen LogP contribution in [-0.4, -0.2) is 6.88 Å². The molecular weight excluding hydrogens is 791 g/mol. The zero-order valence-electron chi connectivity index (χ0n) is 35.8. The third-order valence-corrected chi connectivity index (χ3v) is 29.7. The Hall–Kier alpha value is -1.96. The number of aryl methyl sites for hydroxylation is 2. The normalized spacial score (nSPS) is 17.1. The first-order chi connectivity index (χ1) is 24.1. The third-order valence-electron chi connectivity index (χ3n) is 12.2. The van der Waals surface area contributed by atoms with Gasteiger partial charge in [-0.05, 0) is 0 Å². The van der Waals surface area contributed by atoms with Crippen molar-refractivity contribution in [3.05, 3.63) is 128 Å². The van der Waals surface area contributed by atoms with Crippen LogP contribution in [0.3, 0.4) is 0 Å². The summed E-state index contributed by atoms with van der Waals surface area (Å²) in [5, 5.41) is 0. The zero-order chi connectivity index (χ0) is 38.2. The molecule has 0 aromatic heterocycles. The SMILES string of the molecule is Cc1ccccc1-c1c(C(C)(C)C)ccc2c1C=C(CC(C)C)[CH]2[Zr]([CH3])([CH3])(=[SiH2])[CH]1C(CC(C)C)=Cc2c1ccc(C(C)(C)C)c2-c1ccccc1C.Cl.Cl. The molecule has 2 atom stereocenters. The largest absolute Gasteiger partial charge is 0.147 e. The molecule has 0 N–H and O–H groups in total. The fourth-order valence-corrected chi connectivity index (χ4v) is 30.0. The molecule has 0 bridgehead atoms. The van der Waals surface area contributed by atoms with Gasteiger partial charge in [0.1, 0.15) is 0 Å².